The van der Waals surface area contributed by atoms with Crippen LogP contribution in [0.4, 0.5) is 0 Å². The van der Waals surface area contributed by atoms with Gasteiger partial charge in [0.15, 0.2) is 5.82 Å². The van der Waals surface area contributed by atoms with Gasteiger partial charge in [-0.05, 0) is 31.0 Å². The smallest absolute Gasteiger partial charge is 0.273 e. The molecular weight excluding hydrogens is 442 g/mol. The van der Waals surface area contributed by atoms with Gasteiger partial charge in [0.1, 0.15) is 11.4 Å². The second kappa shape index (κ2) is 11.8. The fraction of sp³-hybridized carbons (Fsp3) is 0.407. The second-order valence-electron chi connectivity index (χ2n) is 8.96. The van der Waals surface area contributed by atoms with Gasteiger partial charge >= 0.3 is 0 Å². The van der Waals surface area contributed by atoms with Crippen molar-refractivity contribution in [3.8, 4) is 17.1 Å². The molecule has 1 saturated heterocycles. The zero-order valence-corrected chi connectivity index (χ0v) is 20.4. The minimum atomic E-state index is -0.316. The Kier molecular flexibility index (Phi) is 8.26. The van der Waals surface area contributed by atoms with Crippen LogP contribution in [0.2, 0.25) is 0 Å². The standard InChI is InChI=1S/C27H33N5O3/c1-3-20(2)35-23-11-7-10-22(18-23)26-28-27(34)24(29-30-26)12-13-25(33)32-16-14-31(15-17-32)19-21-8-5-4-6-9-21/h4-11,18,20H,3,12-17,19H2,1-2H3,(H,28,30,34). The minimum absolute atomic E-state index is 0.0459. The van der Waals surface area contributed by atoms with Crippen LogP contribution in [0.25, 0.3) is 11.4 Å². The lowest BCUT2D eigenvalue weighted by atomic mass is 10.1. The molecule has 0 spiro atoms. The highest BCUT2D eigenvalue weighted by molar-refractivity contribution is 5.76. The van der Waals surface area contributed by atoms with Gasteiger partial charge in [0.2, 0.25) is 5.91 Å². The number of nitrogens with one attached hydrogen (secondary N) is 1. The first-order valence-corrected chi connectivity index (χ1v) is 12.3. The highest BCUT2D eigenvalue weighted by Crippen LogP contribution is 2.21. The van der Waals surface area contributed by atoms with Crippen molar-refractivity contribution in [1.29, 1.82) is 0 Å². The predicted octanol–water partition coefficient (Wildman–Crippen LogP) is 3.29. The molecule has 1 amide bonds. The monoisotopic (exact) mass is 475 g/mol. The highest BCUT2D eigenvalue weighted by atomic mass is 16.5. The molecule has 0 radical (unpaired) electrons. The third-order valence-corrected chi connectivity index (χ3v) is 6.33. The summed E-state index contributed by atoms with van der Waals surface area (Å²) in [5, 5.41) is 8.32. The van der Waals surface area contributed by atoms with E-state index in [0.29, 0.717) is 18.9 Å². The summed E-state index contributed by atoms with van der Waals surface area (Å²) in [7, 11) is 0. The van der Waals surface area contributed by atoms with E-state index >= 15 is 0 Å². The minimum Gasteiger partial charge on any atom is -0.491 e. The average Bonchev–Trinajstić information content (AvgIpc) is 2.89. The molecule has 0 aliphatic carbocycles. The highest BCUT2D eigenvalue weighted by Gasteiger charge is 2.21. The van der Waals surface area contributed by atoms with Crippen molar-refractivity contribution >= 4 is 5.91 Å². The molecule has 8 heteroatoms. The number of carbonyl (C=O) groups is 1. The summed E-state index contributed by atoms with van der Waals surface area (Å²) in [5.41, 5.74) is 1.97. The van der Waals surface area contributed by atoms with Crippen LogP contribution in [0, 0.1) is 0 Å². The molecule has 184 valence electrons. The third kappa shape index (κ3) is 6.76. The van der Waals surface area contributed by atoms with Crippen molar-refractivity contribution < 1.29 is 9.53 Å². The number of piperazine rings is 1. The average molecular weight is 476 g/mol. The van der Waals surface area contributed by atoms with Gasteiger partial charge < -0.3 is 14.6 Å². The van der Waals surface area contributed by atoms with Crippen molar-refractivity contribution in [1.82, 2.24) is 25.0 Å². The van der Waals surface area contributed by atoms with Crippen LogP contribution in [0.3, 0.4) is 0 Å². The first-order chi connectivity index (χ1) is 17.0. The molecule has 1 aliphatic rings. The zero-order valence-electron chi connectivity index (χ0n) is 20.4. The van der Waals surface area contributed by atoms with Gasteiger partial charge in [-0.1, -0.05) is 49.4 Å². The van der Waals surface area contributed by atoms with Gasteiger partial charge in [0, 0.05) is 51.1 Å². The van der Waals surface area contributed by atoms with Crippen molar-refractivity contribution in [3.63, 3.8) is 0 Å². The number of rotatable bonds is 9. The first kappa shape index (κ1) is 24.6. The summed E-state index contributed by atoms with van der Waals surface area (Å²) >= 11 is 0. The lowest BCUT2D eigenvalue weighted by Gasteiger charge is -2.34. The molecule has 1 unspecified atom stereocenters. The molecule has 2 heterocycles. The number of amides is 1. The Morgan fingerprint density at radius 1 is 1.06 bits per heavy atom. The second-order valence-corrected chi connectivity index (χ2v) is 8.96. The van der Waals surface area contributed by atoms with E-state index < -0.39 is 0 Å². The first-order valence-electron chi connectivity index (χ1n) is 12.3. The molecule has 2 aromatic carbocycles. The van der Waals surface area contributed by atoms with E-state index in [1.807, 2.05) is 54.3 Å². The molecule has 1 N–H and O–H groups in total. The van der Waals surface area contributed by atoms with E-state index in [-0.39, 0.29) is 36.1 Å². The van der Waals surface area contributed by atoms with Crippen LogP contribution in [-0.2, 0) is 17.8 Å². The summed E-state index contributed by atoms with van der Waals surface area (Å²) < 4.78 is 5.85. The number of aromatic nitrogens is 3. The number of aromatic amines is 1. The Bertz CT molecular complexity index is 1170. The summed E-state index contributed by atoms with van der Waals surface area (Å²) in [6.07, 6.45) is 1.51. The van der Waals surface area contributed by atoms with E-state index in [4.69, 9.17) is 4.74 Å². The molecule has 1 fully saturated rings. The van der Waals surface area contributed by atoms with E-state index in [0.717, 1.165) is 37.4 Å². The maximum atomic E-state index is 12.7. The number of aryl methyl sites for hydroxylation is 1. The van der Waals surface area contributed by atoms with E-state index in [1.165, 1.54) is 5.56 Å². The lowest BCUT2D eigenvalue weighted by molar-refractivity contribution is -0.133. The molecule has 1 aliphatic heterocycles. The van der Waals surface area contributed by atoms with Crippen molar-refractivity contribution in [3.05, 3.63) is 76.2 Å². The van der Waals surface area contributed by atoms with Crippen molar-refractivity contribution in [2.24, 2.45) is 0 Å². The fourth-order valence-electron chi connectivity index (χ4n) is 4.07. The molecule has 0 bridgehead atoms. The van der Waals surface area contributed by atoms with Gasteiger partial charge in [0.25, 0.3) is 5.56 Å². The molecule has 1 atom stereocenters. The Morgan fingerprint density at radius 2 is 1.83 bits per heavy atom. The molecular formula is C27H33N5O3. The molecule has 1 aromatic heterocycles. The van der Waals surface area contributed by atoms with E-state index in [1.54, 1.807) is 0 Å². The number of hydrogen-bond acceptors (Lipinski definition) is 6. The summed E-state index contributed by atoms with van der Waals surface area (Å²) in [5.74, 6) is 1.15. The van der Waals surface area contributed by atoms with Gasteiger partial charge in [-0.2, -0.15) is 0 Å². The van der Waals surface area contributed by atoms with Gasteiger partial charge in [-0.3, -0.25) is 14.5 Å². The van der Waals surface area contributed by atoms with E-state index in [9.17, 15) is 9.59 Å². The van der Waals surface area contributed by atoms with Crippen molar-refractivity contribution in [2.75, 3.05) is 26.2 Å². The number of benzene rings is 2. The van der Waals surface area contributed by atoms with Crippen LogP contribution in [0.15, 0.2) is 59.4 Å². The van der Waals surface area contributed by atoms with Gasteiger partial charge in [0.05, 0.1) is 6.10 Å². The van der Waals surface area contributed by atoms with Gasteiger partial charge in [-0.25, -0.2) is 0 Å². The molecule has 4 rings (SSSR count). The lowest BCUT2D eigenvalue weighted by Crippen LogP contribution is -2.48. The van der Waals surface area contributed by atoms with Crippen LogP contribution < -0.4 is 10.3 Å². The maximum absolute atomic E-state index is 12.7. The maximum Gasteiger partial charge on any atom is 0.273 e. The van der Waals surface area contributed by atoms with Crippen LogP contribution in [-0.4, -0.2) is 63.2 Å². The number of nitrogens with zero attached hydrogens (tertiary/aromatic N) is 4. The van der Waals surface area contributed by atoms with Gasteiger partial charge in [-0.15, -0.1) is 10.2 Å². The Hall–Kier alpha value is -3.52. The number of carbonyl (C=O) groups excluding carboxylic acids is 1. The zero-order chi connectivity index (χ0) is 24.6. The summed E-state index contributed by atoms with van der Waals surface area (Å²) in [6, 6.07) is 17.8. The third-order valence-electron chi connectivity index (χ3n) is 6.33. The molecule has 8 nitrogen and oxygen atoms in total. The quantitative estimate of drug-likeness (QED) is 0.511. The largest absolute Gasteiger partial charge is 0.491 e. The SMILES string of the molecule is CCC(C)Oc1cccc(-c2nnc(CCC(=O)N3CCN(Cc4ccccc4)CC3)c(=O)[nH]2)c1. The molecule has 0 saturated carbocycles. The molecule has 35 heavy (non-hydrogen) atoms. The Labute approximate surface area is 206 Å². The Morgan fingerprint density at radius 3 is 2.54 bits per heavy atom. The Balaban J connectivity index is 1.29. The normalized spacial score (nSPS) is 15.1. The van der Waals surface area contributed by atoms with Crippen LogP contribution in [0.1, 0.15) is 37.9 Å². The topological polar surface area (TPSA) is 91.4 Å². The summed E-state index contributed by atoms with van der Waals surface area (Å²) in [4.78, 5) is 32.4. The summed E-state index contributed by atoms with van der Waals surface area (Å²) in [6.45, 7) is 8.04. The van der Waals surface area contributed by atoms with Crippen molar-refractivity contribution in [2.45, 2.75) is 45.8 Å². The van der Waals surface area contributed by atoms with Crippen LogP contribution in [0.5, 0.6) is 5.75 Å². The number of ether oxygens (including phenoxy) is 1. The molecule has 3 aromatic rings. The van der Waals surface area contributed by atoms with E-state index in [2.05, 4.69) is 39.1 Å². The number of H-pyrrole nitrogens is 1. The number of hydrogen-bond donors (Lipinski definition) is 1. The predicted molar refractivity (Wildman–Crippen MR) is 135 cm³/mol. The fourth-order valence-corrected chi connectivity index (χ4v) is 4.07. The van der Waals surface area contributed by atoms with Crippen LogP contribution >= 0.6 is 0 Å².